The van der Waals surface area contributed by atoms with Crippen molar-refractivity contribution in [3.8, 4) is 5.69 Å². The average molecular weight is 427 g/mol. The molecule has 0 saturated carbocycles. The van der Waals surface area contributed by atoms with Gasteiger partial charge in [-0.1, -0.05) is 42.1 Å². The van der Waals surface area contributed by atoms with Crippen LogP contribution in [-0.4, -0.2) is 45.6 Å². The first-order valence-corrected chi connectivity index (χ1v) is 10.7. The second-order valence-electron chi connectivity index (χ2n) is 6.52. The predicted octanol–water partition coefficient (Wildman–Crippen LogP) is 3.51. The van der Waals surface area contributed by atoms with E-state index in [2.05, 4.69) is 10.3 Å². The molecule has 30 heavy (non-hydrogen) atoms. The van der Waals surface area contributed by atoms with Crippen LogP contribution in [0.4, 0.5) is 4.39 Å². The maximum absolute atomic E-state index is 13.2. The topological polar surface area (TPSA) is 67.2 Å². The molecule has 0 radical (unpaired) electrons. The van der Waals surface area contributed by atoms with Gasteiger partial charge in [0, 0.05) is 18.8 Å². The summed E-state index contributed by atoms with van der Waals surface area (Å²) in [5, 5.41) is 3.47. The number of aromatic nitrogens is 2. The van der Waals surface area contributed by atoms with Gasteiger partial charge in [-0.25, -0.2) is 9.37 Å². The average Bonchev–Trinajstić information content (AvgIpc) is 3.21. The molecule has 0 fully saturated rings. The van der Waals surface area contributed by atoms with Crippen LogP contribution in [0.2, 0.25) is 0 Å². The molecule has 0 spiro atoms. The number of nitrogens with zero attached hydrogens (tertiary/aromatic N) is 3. The number of thioether (sulfide) groups is 1. The standard InChI is InChI=1S/C22H23FN4O2S/c1-3-26(15-20(28)24-13-16-9-11-17(23)12-10-16)21(29)19-14-25-22(30-2)27(19)18-7-5-4-6-8-18/h4-12,14H,3,13,15H2,1-2H3,(H,24,28). The predicted molar refractivity (Wildman–Crippen MR) is 115 cm³/mol. The Bertz CT molecular complexity index is 1010. The molecule has 0 saturated heterocycles. The molecule has 3 aromatic rings. The van der Waals surface area contributed by atoms with Gasteiger partial charge in [-0.3, -0.25) is 14.2 Å². The number of halogens is 1. The van der Waals surface area contributed by atoms with Crippen LogP contribution < -0.4 is 5.32 Å². The Kier molecular flexibility index (Phi) is 7.24. The Morgan fingerprint density at radius 3 is 2.47 bits per heavy atom. The lowest BCUT2D eigenvalue weighted by Gasteiger charge is -2.21. The van der Waals surface area contributed by atoms with E-state index < -0.39 is 0 Å². The number of hydrogen-bond acceptors (Lipinski definition) is 4. The van der Waals surface area contributed by atoms with Crippen molar-refractivity contribution in [3.63, 3.8) is 0 Å². The normalized spacial score (nSPS) is 10.6. The molecule has 2 amide bonds. The van der Waals surface area contributed by atoms with E-state index in [0.29, 0.717) is 17.4 Å². The number of benzene rings is 2. The molecule has 156 valence electrons. The Balaban J connectivity index is 1.72. The van der Waals surface area contributed by atoms with E-state index in [0.717, 1.165) is 11.3 Å². The molecule has 6 nitrogen and oxygen atoms in total. The summed E-state index contributed by atoms with van der Waals surface area (Å²) >= 11 is 1.44. The van der Waals surface area contributed by atoms with Crippen molar-refractivity contribution in [2.75, 3.05) is 19.3 Å². The minimum atomic E-state index is -0.326. The van der Waals surface area contributed by atoms with Crippen LogP contribution in [0.3, 0.4) is 0 Å². The summed E-state index contributed by atoms with van der Waals surface area (Å²) in [5.41, 5.74) is 2.02. The van der Waals surface area contributed by atoms with E-state index in [-0.39, 0.29) is 30.7 Å². The molecule has 1 heterocycles. The van der Waals surface area contributed by atoms with E-state index in [4.69, 9.17) is 0 Å². The first kappa shape index (κ1) is 21.6. The molecule has 0 aliphatic rings. The van der Waals surface area contributed by atoms with Crippen LogP contribution >= 0.6 is 11.8 Å². The summed E-state index contributed by atoms with van der Waals surface area (Å²) in [6, 6.07) is 15.4. The molecule has 3 rings (SSSR count). The Morgan fingerprint density at radius 1 is 1.13 bits per heavy atom. The highest BCUT2D eigenvalue weighted by Gasteiger charge is 2.23. The molecule has 0 aliphatic heterocycles. The molecule has 0 atom stereocenters. The van der Waals surface area contributed by atoms with Crippen LogP contribution in [0.5, 0.6) is 0 Å². The zero-order chi connectivity index (χ0) is 21.5. The van der Waals surface area contributed by atoms with Gasteiger partial charge in [-0.2, -0.15) is 0 Å². The van der Waals surface area contributed by atoms with Gasteiger partial charge in [0.25, 0.3) is 5.91 Å². The third-order valence-electron chi connectivity index (χ3n) is 4.55. The zero-order valence-corrected chi connectivity index (χ0v) is 17.7. The zero-order valence-electron chi connectivity index (χ0n) is 16.8. The van der Waals surface area contributed by atoms with E-state index >= 15 is 0 Å². The molecule has 0 unspecified atom stereocenters. The number of para-hydroxylation sites is 1. The van der Waals surface area contributed by atoms with Crippen molar-refractivity contribution in [1.29, 1.82) is 0 Å². The number of carbonyl (C=O) groups is 2. The van der Waals surface area contributed by atoms with Gasteiger partial charge in [0.2, 0.25) is 5.91 Å². The third-order valence-corrected chi connectivity index (χ3v) is 5.21. The maximum Gasteiger partial charge on any atom is 0.272 e. The first-order chi connectivity index (χ1) is 14.5. The van der Waals surface area contributed by atoms with E-state index in [1.54, 1.807) is 22.9 Å². The van der Waals surface area contributed by atoms with Gasteiger partial charge in [0.05, 0.1) is 12.7 Å². The van der Waals surface area contributed by atoms with E-state index in [9.17, 15) is 14.0 Å². The fourth-order valence-corrected chi connectivity index (χ4v) is 3.52. The van der Waals surface area contributed by atoms with Crippen LogP contribution in [-0.2, 0) is 11.3 Å². The first-order valence-electron chi connectivity index (χ1n) is 9.51. The van der Waals surface area contributed by atoms with Gasteiger partial charge in [0.15, 0.2) is 5.16 Å². The van der Waals surface area contributed by atoms with Crippen LogP contribution in [0.25, 0.3) is 5.69 Å². The molecule has 0 aliphatic carbocycles. The van der Waals surface area contributed by atoms with Crippen molar-refractivity contribution in [2.24, 2.45) is 0 Å². The molecular weight excluding hydrogens is 403 g/mol. The second kappa shape index (κ2) is 10.1. The minimum absolute atomic E-state index is 0.0783. The molecule has 1 aromatic heterocycles. The smallest absolute Gasteiger partial charge is 0.272 e. The van der Waals surface area contributed by atoms with E-state index in [1.165, 1.54) is 28.8 Å². The highest BCUT2D eigenvalue weighted by molar-refractivity contribution is 7.98. The molecule has 0 bridgehead atoms. The van der Waals surface area contributed by atoms with Gasteiger partial charge in [-0.05, 0) is 43.0 Å². The number of hydrogen-bond donors (Lipinski definition) is 1. The summed E-state index contributed by atoms with van der Waals surface area (Å²) < 4.78 is 14.8. The van der Waals surface area contributed by atoms with Crippen LogP contribution in [0.15, 0.2) is 66.0 Å². The lowest BCUT2D eigenvalue weighted by Crippen LogP contribution is -2.41. The van der Waals surface area contributed by atoms with Gasteiger partial charge >= 0.3 is 0 Å². The van der Waals surface area contributed by atoms with Gasteiger partial charge < -0.3 is 10.2 Å². The molecule has 8 heteroatoms. The fraction of sp³-hybridized carbons (Fsp3) is 0.227. The Hall–Kier alpha value is -3.13. The summed E-state index contributed by atoms with van der Waals surface area (Å²) in [5.74, 6) is -0.885. The highest BCUT2D eigenvalue weighted by Crippen LogP contribution is 2.22. The summed E-state index contributed by atoms with van der Waals surface area (Å²) in [4.78, 5) is 31.4. The highest BCUT2D eigenvalue weighted by atomic mass is 32.2. The van der Waals surface area contributed by atoms with Crippen molar-refractivity contribution >= 4 is 23.6 Å². The van der Waals surface area contributed by atoms with Crippen molar-refractivity contribution < 1.29 is 14.0 Å². The Morgan fingerprint density at radius 2 is 1.83 bits per heavy atom. The lowest BCUT2D eigenvalue weighted by molar-refractivity contribution is -0.121. The maximum atomic E-state index is 13.2. The number of amides is 2. The largest absolute Gasteiger partial charge is 0.350 e. The van der Waals surface area contributed by atoms with Gasteiger partial charge in [0.1, 0.15) is 11.5 Å². The van der Waals surface area contributed by atoms with Crippen LogP contribution in [0.1, 0.15) is 23.0 Å². The number of imidazole rings is 1. The molecular formula is C22H23FN4O2S. The number of rotatable bonds is 8. The quantitative estimate of drug-likeness (QED) is 0.560. The number of carbonyl (C=O) groups excluding carboxylic acids is 2. The summed E-state index contributed by atoms with van der Waals surface area (Å²) in [6.07, 6.45) is 3.44. The monoisotopic (exact) mass is 426 g/mol. The van der Waals surface area contributed by atoms with Crippen molar-refractivity contribution in [2.45, 2.75) is 18.6 Å². The second-order valence-corrected chi connectivity index (χ2v) is 7.30. The minimum Gasteiger partial charge on any atom is -0.350 e. The molecule has 1 N–H and O–H groups in total. The van der Waals surface area contributed by atoms with Gasteiger partial charge in [-0.15, -0.1) is 0 Å². The Labute approximate surface area is 179 Å². The number of nitrogens with one attached hydrogen (secondary N) is 1. The lowest BCUT2D eigenvalue weighted by atomic mass is 10.2. The van der Waals surface area contributed by atoms with Crippen molar-refractivity contribution in [1.82, 2.24) is 19.8 Å². The fourth-order valence-electron chi connectivity index (χ4n) is 2.98. The summed E-state index contributed by atoms with van der Waals surface area (Å²) in [6.45, 7) is 2.38. The summed E-state index contributed by atoms with van der Waals surface area (Å²) in [7, 11) is 0. The SMILES string of the molecule is CCN(CC(=O)NCc1ccc(F)cc1)C(=O)c1cnc(SC)n1-c1ccccc1. The van der Waals surface area contributed by atoms with E-state index in [1.807, 2.05) is 43.5 Å². The number of likely N-dealkylation sites (N-methyl/N-ethyl adjacent to an activating group) is 1. The third kappa shape index (κ3) is 5.07. The molecule has 2 aromatic carbocycles. The van der Waals surface area contributed by atoms with Crippen LogP contribution in [0, 0.1) is 5.82 Å². The van der Waals surface area contributed by atoms with Crippen molar-refractivity contribution in [3.05, 3.63) is 77.9 Å².